The number of anilines is 1. The van der Waals surface area contributed by atoms with Crippen LogP contribution in [0.5, 0.6) is 0 Å². The molecule has 0 aliphatic carbocycles. The lowest BCUT2D eigenvalue weighted by Gasteiger charge is -2.11. The summed E-state index contributed by atoms with van der Waals surface area (Å²) in [6, 6.07) is 0.355. The third kappa shape index (κ3) is 4.23. The molecule has 18 heavy (non-hydrogen) atoms. The zero-order valence-corrected chi connectivity index (χ0v) is 11.1. The van der Waals surface area contributed by atoms with Gasteiger partial charge in [0.1, 0.15) is 0 Å². The molecule has 2 heterocycles. The normalized spacial score (nSPS) is 19.4. The maximum atomic E-state index is 5.55. The van der Waals surface area contributed by atoms with Crippen molar-refractivity contribution < 1.29 is 4.74 Å². The van der Waals surface area contributed by atoms with Crippen molar-refractivity contribution in [2.75, 3.05) is 18.5 Å². The van der Waals surface area contributed by atoms with E-state index in [9.17, 15) is 0 Å². The van der Waals surface area contributed by atoms with E-state index in [2.05, 4.69) is 34.4 Å². The van der Waals surface area contributed by atoms with E-state index in [0.717, 1.165) is 25.3 Å². The summed E-state index contributed by atoms with van der Waals surface area (Å²) in [7, 11) is 0. The van der Waals surface area contributed by atoms with Crippen LogP contribution in [0.3, 0.4) is 0 Å². The third-order valence-electron chi connectivity index (χ3n) is 2.85. The minimum absolute atomic E-state index is 0.355. The highest BCUT2D eigenvalue weighted by Gasteiger charge is 2.14. The molecule has 2 rings (SSSR count). The zero-order chi connectivity index (χ0) is 12.8. The molecule has 1 aromatic heterocycles. The van der Waals surface area contributed by atoms with Crippen LogP contribution in [0.1, 0.15) is 32.3 Å². The topological polar surface area (TPSA) is 59.1 Å². The quantitative estimate of drug-likeness (QED) is 0.802. The highest BCUT2D eigenvalue weighted by atomic mass is 16.5. The first-order chi connectivity index (χ1) is 8.74. The summed E-state index contributed by atoms with van der Waals surface area (Å²) in [6.07, 6.45) is 6.46. The van der Waals surface area contributed by atoms with Gasteiger partial charge in [-0.25, -0.2) is 9.97 Å². The van der Waals surface area contributed by atoms with Crippen LogP contribution in [0.4, 0.5) is 5.95 Å². The first-order valence-electron chi connectivity index (χ1n) is 6.64. The van der Waals surface area contributed by atoms with Gasteiger partial charge in [-0.2, -0.15) is 0 Å². The molecule has 0 saturated carbocycles. The van der Waals surface area contributed by atoms with Crippen LogP contribution >= 0.6 is 0 Å². The lowest BCUT2D eigenvalue weighted by molar-refractivity contribution is 0.110. The summed E-state index contributed by atoms with van der Waals surface area (Å²) in [6.45, 7) is 6.75. The molecule has 0 amide bonds. The number of hydrogen-bond acceptors (Lipinski definition) is 5. The second-order valence-electron chi connectivity index (χ2n) is 4.98. The molecule has 1 fully saturated rings. The molecular formula is C13H22N4O. The fraction of sp³-hybridized carbons (Fsp3) is 0.692. The molecule has 0 unspecified atom stereocenters. The maximum Gasteiger partial charge on any atom is 0.222 e. The van der Waals surface area contributed by atoms with Crippen molar-refractivity contribution in [2.24, 2.45) is 0 Å². The Morgan fingerprint density at radius 3 is 2.78 bits per heavy atom. The van der Waals surface area contributed by atoms with Gasteiger partial charge in [-0.3, -0.25) is 0 Å². The Labute approximate surface area is 108 Å². The zero-order valence-electron chi connectivity index (χ0n) is 11.1. The molecule has 0 radical (unpaired) electrons. The van der Waals surface area contributed by atoms with E-state index < -0.39 is 0 Å². The van der Waals surface area contributed by atoms with Crippen LogP contribution in [-0.2, 0) is 11.3 Å². The van der Waals surface area contributed by atoms with E-state index >= 15 is 0 Å². The Morgan fingerprint density at radius 1 is 1.39 bits per heavy atom. The summed E-state index contributed by atoms with van der Waals surface area (Å²) < 4.78 is 5.55. The Kier molecular flexibility index (Phi) is 4.90. The monoisotopic (exact) mass is 250 g/mol. The molecule has 1 saturated heterocycles. The average Bonchev–Trinajstić information content (AvgIpc) is 2.84. The van der Waals surface area contributed by atoms with Crippen molar-refractivity contribution >= 4 is 5.95 Å². The molecule has 100 valence electrons. The van der Waals surface area contributed by atoms with Gasteiger partial charge in [0.05, 0.1) is 6.10 Å². The molecule has 2 N–H and O–H groups in total. The number of nitrogens with one attached hydrogen (secondary N) is 2. The van der Waals surface area contributed by atoms with Crippen molar-refractivity contribution in [1.29, 1.82) is 0 Å². The van der Waals surface area contributed by atoms with Gasteiger partial charge >= 0.3 is 0 Å². The van der Waals surface area contributed by atoms with Crippen molar-refractivity contribution in [3.05, 3.63) is 18.0 Å². The van der Waals surface area contributed by atoms with Gasteiger partial charge in [0, 0.05) is 43.7 Å². The molecule has 1 aromatic rings. The molecule has 5 nitrogen and oxygen atoms in total. The Bertz CT molecular complexity index is 347. The predicted octanol–water partition coefficient (Wildman–Crippen LogP) is 1.57. The van der Waals surface area contributed by atoms with Gasteiger partial charge in [-0.15, -0.1) is 0 Å². The van der Waals surface area contributed by atoms with E-state index in [1.54, 1.807) is 0 Å². The average molecular weight is 250 g/mol. The first-order valence-corrected chi connectivity index (χ1v) is 6.64. The van der Waals surface area contributed by atoms with Crippen molar-refractivity contribution in [1.82, 2.24) is 15.3 Å². The largest absolute Gasteiger partial charge is 0.377 e. The van der Waals surface area contributed by atoms with Crippen LogP contribution in [0.2, 0.25) is 0 Å². The van der Waals surface area contributed by atoms with Gasteiger partial charge in [0.15, 0.2) is 0 Å². The first kappa shape index (κ1) is 13.2. The molecular weight excluding hydrogens is 228 g/mol. The molecule has 1 aliphatic heterocycles. The smallest absolute Gasteiger partial charge is 0.222 e. The third-order valence-corrected chi connectivity index (χ3v) is 2.85. The number of aromatic nitrogens is 2. The number of ether oxygens (including phenoxy) is 1. The van der Waals surface area contributed by atoms with Crippen molar-refractivity contribution in [3.63, 3.8) is 0 Å². The van der Waals surface area contributed by atoms with Crippen LogP contribution in [0.15, 0.2) is 12.4 Å². The van der Waals surface area contributed by atoms with E-state index in [0.29, 0.717) is 18.1 Å². The maximum absolute atomic E-state index is 5.55. The van der Waals surface area contributed by atoms with Crippen molar-refractivity contribution in [2.45, 2.75) is 45.4 Å². The summed E-state index contributed by atoms with van der Waals surface area (Å²) in [5.41, 5.74) is 1.10. The SMILES string of the molecule is CC(C)Nc1ncc(CNC[C@H]2CCCO2)cn1. The molecule has 0 spiro atoms. The van der Waals surface area contributed by atoms with Crippen LogP contribution < -0.4 is 10.6 Å². The Hall–Kier alpha value is -1.20. The number of nitrogens with zero attached hydrogens (tertiary/aromatic N) is 2. The van der Waals surface area contributed by atoms with E-state index in [-0.39, 0.29) is 0 Å². The Morgan fingerprint density at radius 2 is 2.17 bits per heavy atom. The molecule has 0 aromatic carbocycles. The van der Waals surface area contributed by atoms with Gasteiger partial charge < -0.3 is 15.4 Å². The highest BCUT2D eigenvalue weighted by molar-refractivity contribution is 5.25. The highest BCUT2D eigenvalue weighted by Crippen LogP contribution is 2.10. The summed E-state index contributed by atoms with van der Waals surface area (Å²) >= 11 is 0. The van der Waals surface area contributed by atoms with Gasteiger partial charge in [0.25, 0.3) is 0 Å². The number of rotatable bonds is 6. The molecule has 5 heteroatoms. The van der Waals surface area contributed by atoms with Crippen LogP contribution in [0, 0.1) is 0 Å². The fourth-order valence-corrected chi connectivity index (χ4v) is 1.96. The van der Waals surface area contributed by atoms with E-state index in [1.165, 1.54) is 12.8 Å². The second-order valence-corrected chi connectivity index (χ2v) is 4.98. The van der Waals surface area contributed by atoms with Gasteiger partial charge in [0.2, 0.25) is 5.95 Å². The molecule has 1 aliphatic rings. The Balaban J connectivity index is 1.72. The van der Waals surface area contributed by atoms with E-state index in [4.69, 9.17) is 4.74 Å². The predicted molar refractivity (Wildman–Crippen MR) is 71.5 cm³/mol. The fourth-order valence-electron chi connectivity index (χ4n) is 1.96. The second kappa shape index (κ2) is 6.66. The van der Waals surface area contributed by atoms with Crippen molar-refractivity contribution in [3.8, 4) is 0 Å². The minimum atomic E-state index is 0.355. The minimum Gasteiger partial charge on any atom is -0.377 e. The summed E-state index contributed by atoms with van der Waals surface area (Å²) in [4.78, 5) is 8.55. The van der Waals surface area contributed by atoms with Gasteiger partial charge in [-0.05, 0) is 26.7 Å². The van der Waals surface area contributed by atoms with Crippen LogP contribution in [0.25, 0.3) is 0 Å². The summed E-state index contributed by atoms with van der Waals surface area (Å²) in [5, 5.41) is 6.55. The number of hydrogen-bond donors (Lipinski definition) is 2. The molecule has 0 bridgehead atoms. The lowest BCUT2D eigenvalue weighted by Crippen LogP contribution is -2.25. The van der Waals surface area contributed by atoms with Gasteiger partial charge in [-0.1, -0.05) is 0 Å². The molecule has 1 atom stereocenters. The summed E-state index contributed by atoms with van der Waals surface area (Å²) in [5.74, 6) is 0.688. The van der Waals surface area contributed by atoms with E-state index in [1.807, 2.05) is 12.4 Å². The van der Waals surface area contributed by atoms with Crippen LogP contribution in [-0.4, -0.2) is 35.3 Å². The standard InChI is InChI=1S/C13H22N4O/c1-10(2)17-13-15-7-11(8-16-13)6-14-9-12-4-3-5-18-12/h7-8,10,12,14H,3-6,9H2,1-2H3,(H,15,16,17)/t12-/m1/s1. The lowest BCUT2D eigenvalue weighted by atomic mass is 10.2.